The average molecular weight is 303 g/mol. The SMILES string of the molecule is COc1ccc(OC)c(COc2cc(C)ccc2[N+](=O)[O-])c1. The Hall–Kier alpha value is -2.76. The van der Waals surface area contributed by atoms with E-state index in [1.165, 1.54) is 6.07 Å². The van der Waals surface area contributed by atoms with E-state index in [-0.39, 0.29) is 18.0 Å². The third-order valence-corrected chi connectivity index (χ3v) is 3.18. The molecule has 6 nitrogen and oxygen atoms in total. The molecule has 0 saturated carbocycles. The number of rotatable bonds is 6. The summed E-state index contributed by atoms with van der Waals surface area (Å²) >= 11 is 0. The molecule has 0 saturated heterocycles. The zero-order chi connectivity index (χ0) is 16.1. The lowest BCUT2D eigenvalue weighted by atomic mass is 10.2. The van der Waals surface area contributed by atoms with Gasteiger partial charge >= 0.3 is 5.69 Å². The summed E-state index contributed by atoms with van der Waals surface area (Å²) in [5.41, 5.74) is 1.57. The smallest absolute Gasteiger partial charge is 0.310 e. The Bertz CT molecular complexity index is 684. The lowest BCUT2D eigenvalue weighted by Gasteiger charge is -2.12. The molecule has 0 heterocycles. The molecule has 22 heavy (non-hydrogen) atoms. The second kappa shape index (κ2) is 6.80. The van der Waals surface area contributed by atoms with Crippen molar-refractivity contribution < 1.29 is 19.1 Å². The Morgan fingerprint density at radius 1 is 1.05 bits per heavy atom. The summed E-state index contributed by atoms with van der Waals surface area (Å²) in [5, 5.41) is 11.0. The van der Waals surface area contributed by atoms with Crippen molar-refractivity contribution in [2.24, 2.45) is 0 Å². The highest BCUT2D eigenvalue weighted by atomic mass is 16.6. The molecule has 0 spiro atoms. The van der Waals surface area contributed by atoms with Crippen LogP contribution in [0.25, 0.3) is 0 Å². The first kappa shape index (κ1) is 15.6. The molecule has 0 bridgehead atoms. The molecule has 0 amide bonds. The van der Waals surface area contributed by atoms with Crippen LogP contribution >= 0.6 is 0 Å². The van der Waals surface area contributed by atoms with E-state index >= 15 is 0 Å². The van der Waals surface area contributed by atoms with Gasteiger partial charge in [-0.15, -0.1) is 0 Å². The van der Waals surface area contributed by atoms with Crippen LogP contribution in [0.4, 0.5) is 5.69 Å². The topological polar surface area (TPSA) is 70.8 Å². The third kappa shape index (κ3) is 3.46. The fraction of sp³-hybridized carbons (Fsp3) is 0.250. The van der Waals surface area contributed by atoms with Gasteiger partial charge in [0.25, 0.3) is 0 Å². The summed E-state index contributed by atoms with van der Waals surface area (Å²) in [6.45, 7) is 1.99. The molecule has 0 atom stereocenters. The van der Waals surface area contributed by atoms with Crippen LogP contribution in [0.15, 0.2) is 36.4 Å². The first-order valence-corrected chi connectivity index (χ1v) is 6.64. The van der Waals surface area contributed by atoms with Crippen LogP contribution in [0.2, 0.25) is 0 Å². The minimum Gasteiger partial charge on any atom is -0.497 e. The fourth-order valence-electron chi connectivity index (χ4n) is 2.04. The van der Waals surface area contributed by atoms with Gasteiger partial charge in [0, 0.05) is 11.6 Å². The minimum atomic E-state index is -0.461. The number of nitro benzene ring substituents is 1. The summed E-state index contributed by atoms with van der Waals surface area (Å²) in [5.74, 6) is 1.53. The predicted octanol–water partition coefficient (Wildman–Crippen LogP) is 3.50. The van der Waals surface area contributed by atoms with Crippen molar-refractivity contribution >= 4 is 5.69 Å². The summed E-state index contributed by atoms with van der Waals surface area (Å²) in [7, 11) is 3.12. The van der Waals surface area contributed by atoms with Gasteiger partial charge in [0.05, 0.1) is 19.1 Å². The van der Waals surface area contributed by atoms with Crippen LogP contribution in [0.5, 0.6) is 17.2 Å². The molecule has 0 N–H and O–H groups in total. The van der Waals surface area contributed by atoms with Gasteiger partial charge in [-0.2, -0.15) is 0 Å². The molecule has 2 rings (SSSR count). The van der Waals surface area contributed by atoms with Crippen molar-refractivity contribution in [3.05, 3.63) is 57.6 Å². The first-order valence-electron chi connectivity index (χ1n) is 6.64. The summed E-state index contributed by atoms with van der Waals surface area (Å²) in [6, 6.07) is 10.1. The first-order chi connectivity index (χ1) is 10.5. The number of benzene rings is 2. The van der Waals surface area contributed by atoms with Crippen molar-refractivity contribution in [3.8, 4) is 17.2 Å². The maximum Gasteiger partial charge on any atom is 0.310 e. The van der Waals surface area contributed by atoms with Crippen LogP contribution in [0.3, 0.4) is 0 Å². The predicted molar refractivity (Wildman–Crippen MR) is 81.7 cm³/mol. The van der Waals surface area contributed by atoms with Gasteiger partial charge in [-0.1, -0.05) is 6.07 Å². The average Bonchev–Trinajstić information content (AvgIpc) is 2.52. The molecule has 0 fully saturated rings. The van der Waals surface area contributed by atoms with E-state index in [9.17, 15) is 10.1 Å². The molecule has 0 aliphatic heterocycles. The molecular weight excluding hydrogens is 286 g/mol. The zero-order valence-electron chi connectivity index (χ0n) is 12.7. The highest BCUT2D eigenvalue weighted by molar-refractivity contribution is 5.48. The van der Waals surface area contributed by atoms with Gasteiger partial charge in [0.2, 0.25) is 0 Å². The molecular formula is C16H17NO5. The maximum absolute atomic E-state index is 11.0. The Morgan fingerprint density at radius 2 is 1.82 bits per heavy atom. The van der Waals surface area contributed by atoms with Crippen LogP contribution in [0.1, 0.15) is 11.1 Å². The van der Waals surface area contributed by atoms with Crippen molar-refractivity contribution in [2.75, 3.05) is 14.2 Å². The third-order valence-electron chi connectivity index (χ3n) is 3.18. The van der Waals surface area contributed by atoms with Crippen molar-refractivity contribution in [2.45, 2.75) is 13.5 Å². The number of nitro groups is 1. The zero-order valence-corrected chi connectivity index (χ0v) is 12.7. The van der Waals surface area contributed by atoms with Crippen molar-refractivity contribution in [1.29, 1.82) is 0 Å². The molecule has 0 aliphatic rings. The van der Waals surface area contributed by atoms with E-state index in [0.29, 0.717) is 11.5 Å². The van der Waals surface area contributed by atoms with E-state index in [0.717, 1.165) is 11.1 Å². The summed E-state index contributed by atoms with van der Waals surface area (Å²) in [6.07, 6.45) is 0. The quantitative estimate of drug-likeness (QED) is 0.603. The molecule has 6 heteroatoms. The van der Waals surface area contributed by atoms with E-state index in [1.54, 1.807) is 44.6 Å². The number of hydrogen-bond donors (Lipinski definition) is 0. The monoisotopic (exact) mass is 303 g/mol. The number of hydrogen-bond acceptors (Lipinski definition) is 5. The van der Waals surface area contributed by atoms with Crippen molar-refractivity contribution in [3.63, 3.8) is 0 Å². The number of nitrogens with zero attached hydrogens (tertiary/aromatic N) is 1. The number of aryl methyl sites for hydroxylation is 1. The molecule has 2 aromatic rings. The lowest BCUT2D eigenvalue weighted by molar-refractivity contribution is -0.386. The number of ether oxygens (including phenoxy) is 3. The largest absolute Gasteiger partial charge is 0.497 e. The van der Waals surface area contributed by atoms with Gasteiger partial charge in [-0.3, -0.25) is 10.1 Å². The standard InChI is InChI=1S/C16H17NO5/c1-11-4-6-14(17(18)19)16(8-11)22-10-12-9-13(20-2)5-7-15(12)21-3/h4-9H,10H2,1-3H3. The Labute approximate surface area is 128 Å². The van der Waals surface area contributed by atoms with Crippen molar-refractivity contribution in [1.82, 2.24) is 0 Å². The van der Waals surface area contributed by atoms with E-state index in [1.807, 2.05) is 6.92 Å². The molecule has 0 unspecified atom stereocenters. The highest BCUT2D eigenvalue weighted by Gasteiger charge is 2.16. The van der Waals surface area contributed by atoms with E-state index in [2.05, 4.69) is 0 Å². The van der Waals surface area contributed by atoms with Crippen LogP contribution in [0, 0.1) is 17.0 Å². The molecule has 0 radical (unpaired) electrons. The van der Waals surface area contributed by atoms with Gasteiger partial charge in [0.1, 0.15) is 18.1 Å². The second-order valence-electron chi connectivity index (χ2n) is 4.69. The van der Waals surface area contributed by atoms with E-state index in [4.69, 9.17) is 14.2 Å². The molecule has 116 valence electrons. The molecule has 0 aliphatic carbocycles. The normalized spacial score (nSPS) is 10.1. The summed E-state index contributed by atoms with van der Waals surface area (Å²) < 4.78 is 16.1. The maximum atomic E-state index is 11.0. The van der Waals surface area contributed by atoms with Crippen LogP contribution in [-0.4, -0.2) is 19.1 Å². The van der Waals surface area contributed by atoms with Gasteiger partial charge in [-0.25, -0.2) is 0 Å². The van der Waals surface area contributed by atoms with Crippen LogP contribution in [-0.2, 0) is 6.61 Å². The fourth-order valence-corrected chi connectivity index (χ4v) is 2.04. The Kier molecular flexibility index (Phi) is 4.83. The Balaban J connectivity index is 2.26. The lowest BCUT2D eigenvalue weighted by Crippen LogP contribution is -2.02. The molecule has 0 aromatic heterocycles. The molecule has 2 aromatic carbocycles. The summed E-state index contributed by atoms with van der Waals surface area (Å²) in [4.78, 5) is 10.6. The second-order valence-corrected chi connectivity index (χ2v) is 4.69. The van der Waals surface area contributed by atoms with E-state index < -0.39 is 4.92 Å². The van der Waals surface area contributed by atoms with Gasteiger partial charge < -0.3 is 14.2 Å². The minimum absolute atomic E-state index is 0.0625. The van der Waals surface area contributed by atoms with Crippen LogP contribution < -0.4 is 14.2 Å². The Morgan fingerprint density at radius 3 is 2.45 bits per heavy atom. The van der Waals surface area contributed by atoms with Gasteiger partial charge in [0.15, 0.2) is 5.75 Å². The van der Waals surface area contributed by atoms with Gasteiger partial charge in [-0.05, 0) is 36.8 Å². The number of methoxy groups -OCH3 is 2. The highest BCUT2D eigenvalue weighted by Crippen LogP contribution is 2.30.